The zero-order chi connectivity index (χ0) is 12.0. The molecular formula is C12H22N2OS. The smallest absolute Gasteiger partial charge is 0.110 e. The molecule has 3 nitrogen and oxygen atoms in total. The van der Waals surface area contributed by atoms with E-state index in [2.05, 4.69) is 31.1 Å². The van der Waals surface area contributed by atoms with Crippen LogP contribution in [0.25, 0.3) is 0 Å². The summed E-state index contributed by atoms with van der Waals surface area (Å²) in [5.41, 5.74) is 0. The Bertz CT molecular complexity index is 301. The second kappa shape index (κ2) is 6.99. The summed E-state index contributed by atoms with van der Waals surface area (Å²) < 4.78 is 5.20. The Hall–Kier alpha value is -0.450. The van der Waals surface area contributed by atoms with Gasteiger partial charge in [-0.2, -0.15) is 0 Å². The normalized spacial score (nSPS) is 15.0. The van der Waals surface area contributed by atoms with Crippen LogP contribution in [0.15, 0.2) is 6.20 Å². The molecule has 1 N–H and O–H groups in total. The second-order valence-corrected chi connectivity index (χ2v) is 5.26. The monoisotopic (exact) mass is 242 g/mol. The Morgan fingerprint density at radius 2 is 2.19 bits per heavy atom. The number of thiazole rings is 1. The zero-order valence-electron chi connectivity index (χ0n) is 10.6. The minimum absolute atomic E-state index is 0.360. The van der Waals surface area contributed by atoms with Crippen molar-refractivity contribution < 1.29 is 4.74 Å². The van der Waals surface area contributed by atoms with Gasteiger partial charge in [0.15, 0.2) is 0 Å². The predicted molar refractivity (Wildman–Crippen MR) is 69.0 cm³/mol. The molecule has 0 aliphatic carbocycles. The molecule has 1 heterocycles. The highest BCUT2D eigenvalue weighted by molar-refractivity contribution is 7.11. The zero-order valence-corrected chi connectivity index (χ0v) is 11.4. The molecule has 0 radical (unpaired) electrons. The van der Waals surface area contributed by atoms with Crippen molar-refractivity contribution in [2.24, 2.45) is 0 Å². The Balaban J connectivity index is 2.60. The van der Waals surface area contributed by atoms with E-state index in [0.29, 0.717) is 12.1 Å². The van der Waals surface area contributed by atoms with E-state index in [4.69, 9.17) is 4.74 Å². The van der Waals surface area contributed by atoms with E-state index in [0.717, 1.165) is 19.4 Å². The minimum atomic E-state index is 0.360. The van der Waals surface area contributed by atoms with E-state index in [1.807, 2.05) is 6.20 Å². The summed E-state index contributed by atoms with van der Waals surface area (Å²) >= 11 is 1.78. The second-order valence-electron chi connectivity index (χ2n) is 4.00. The highest BCUT2D eigenvalue weighted by atomic mass is 32.1. The first-order valence-corrected chi connectivity index (χ1v) is 6.70. The molecule has 0 spiro atoms. The maximum atomic E-state index is 5.20. The number of nitrogens with zero attached hydrogens (tertiary/aromatic N) is 1. The third kappa shape index (κ3) is 3.85. The van der Waals surface area contributed by atoms with Gasteiger partial charge in [0.2, 0.25) is 0 Å². The largest absolute Gasteiger partial charge is 0.383 e. The fourth-order valence-corrected chi connectivity index (χ4v) is 2.58. The number of hydrogen-bond acceptors (Lipinski definition) is 4. The summed E-state index contributed by atoms with van der Waals surface area (Å²) in [5.74, 6) is 0. The minimum Gasteiger partial charge on any atom is -0.383 e. The van der Waals surface area contributed by atoms with Crippen molar-refractivity contribution in [3.63, 3.8) is 0 Å². The summed E-state index contributed by atoms with van der Waals surface area (Å²) in [7, 11) is 1.75. The summed E-state index contributed by atoms with van der Waals surface area (Å²) in [6.07, 6.45) is 4.09. The lowest BCUT2D eigenvalue weighted by atomic mass is 10.1. The number of nitrogens with one attached hydrogen (secondary N) is 1. The van der Waals surface area contributed by atoms with E-state index >= 15 is 0 Å². The van der Waals surface area contributed by atoms with Crippen molar-refractivity contribution in [3.05, 3.63) is 16.1 Å². The number of methoxy groups -OCH3 is 1. The Morgan fingerprint density at radius 3 is 2.62 bits per heavy atom. The Kier molecular flexibility index (Phi) is 5.95. The number of aromatic nitrogens is 1. The average molecular weight is 242 g/mol. The third-order valence-corrected chi connectivity index (χ3v) is 3.67. The number of rotatable bonds is 7. The van der Waals surface area contributed by atoms with Crippen LogP contribution in [-0.4, -0.2) is 24.7 Å². The highest BCUT2D eigenvalue weighted by Crippen LogP contribution is 2.22. The lowest BCUT2D eigenvalue weighted by Crippen LogP contribution is -2.35. The number of aryl methyl sites for hydroxylation is 1. The van der Waals surface area contributed by atoms with E-state index < -0.39 is 0 Å². The molecule has 0 amide bonds. The molecule has 2 atom stereocenters. The first-order chi connectivity index (χ1) is 7.71. The quantitative estimate of drug-likeness (QED) is 0.798. The van der Waals surface area contributed by atoms with Gasteiger partial charge in [0.05, 0.1) is 12.6 Å². The lowest BCUT2D eigenvalue weighted by Gasteiger charge is -2.22. The van der Waals surface area contributed by atoms with E-state index in [1.54, 1.807) is 18.4 Å². The molecule has 1 aromatic heterocycles. The molecule has 0 aromatic carbocycles. The average Bonchev–Trinajstić information content (AvgIpc) is 2.71. The maximum Gasteiger partial charge on any atom is 0.110 e. The van der Waals surface area contributed by atoms with Gasteiger partial charge in [-0.25, -0.2) is 4.98 Å². The van der Waals surface area contributed by atoms with Crippen LogP contribution in [0.5, 0.6) is 0 Å². The Labute approximate surface area is 102 Å². The SMILES string of the molecule is CCC(COC)NC(CC)c1ncc(C)s1. The molecule has 1 rings (SSSR count). The van der Waals surface area contributed by atoms with E-state index in [9.17, 15) is 0 Å². The van der Waals surface area contributed by atoms with Gasteiger partial charge < -0.3 is 10.1 Å². The van der Waals surface area contributed by atoms with Gasteiger partial charge in [0, 0.05) is 24.2 Å². The predicted octanol–water partition coefficient (Wildman–Crippen LogP) is 2.92. The van der Waals surface area contributed by atoms with Crippen LogP contribution >= 0.6 is 11.3 Å². The van der Waals surface area contributed by atoms with Crippen molar-refractivity contribution in [1.82, 2.24) is 10.3 Å². The van der Waals surface area contributed by atoms with Crippen LogP contribution in [0.3, 0.4) is 0 Å². The molecule has 2 unspecified atom stereocenters. The molecule has 16 heavy (non-hydrogen) atoms. The molecule has 0 fully saturated rings. The van der Waals surface area contributed by atoms with Gasteiger partial charge in [-0.1, -0.05) is 13.8 Å². The van der Waals surface area contributed by atoms with Crippen molar-refractivity contribution in [2.75, 3.05) is 13.7 Å². The molecule has 0 aliphatic rings. The van der Waals surface area contributed by atoms with Crippen LogP contribution in [0.1, 0.15) is 42.6 Å². The third-order valence-electron chi connectivity index (χ3n) is 2.64. The van der Waals surface area contributed by atoms with Gasteiger partial charge in [-0.05, 0) is 19.8 Å². The topological polar surface area (TPSA) is 34.1 Å². The van der Waals surface area contributed by atoms with Crippen LogP contribution < -0.4 is 5.32 Å². The highest BCUT2D eigenvalue weighted by Gasteiger charge is 2.16. The molecule has 0 saturated carbocycles. The van der Waals surface area contributed by atoms with E-state index in [1.165, 1.54) is 9.88 Å². The van der Waals surface area contributed by atoms with Gasteiger partial charge in [-0.15, -0.1) is 11.3 Å². The van der Waals surface area contributed by atoms with Gasteiger partial charge in [0.25, 0.3) is 0 Å². The van der Waals surface area contributed by atoms with Crippen LogP contribution in [0.4, 0.5) is 0 Å². The van der Waals surface area contributed by atoms with Crippen molar-refractivity contribution in [1.29, 1.82) is 0 Å². The van der Waals surface area contributed by atoms with Crippen molar-refractivity contribution in [3.8, 4) is 0 Å². The molecule has 4 heteroatoms. The fourth-order valence-electron chi connectivity index (χ4n) is 1.67. The molecular weight excluding hydrogens is 220 g/mol. The maximum absolute atomic E-state index is 5.20. The van der Waals surface area contributed by atoms with Gasteiger partial charge in [0.1, 0.15) is 5.01 Å². The fraction of sp³-hybridized carbons (Fsp3) is 0.750. The molecule has 92 valence electrons. The van der Waals surface area contributed by atoms with E-state index in [-0.39, 0.29) is 0 Å². The summed E-state index contributed by atoms with van der Waals surface area (Å²) in [4.78, 5) is 5.72. The molecule has 0 saturated heterocycles. The standard InChI is InChI=1S/C12H22N2OS/c1-5-10(8-15-4)14-11(6-2)12-13-7-9(3)16-12/h7,10-11,14H,5-6,8H2,1-4H3. The first-order valence-electron chi connectivity index (χ1n) is 5.88. The van der Waals surface area contributed by atoms with Crippen LogP contribution in [0.2, 0.25) is 0 Å². The molecule has 1 aromatic rings. The number of hydrogen-bond donors (Lipinski definition) is 1. The van der Waals surface area contributed by atoms with Crippen molar-refractivity contribution >= 4 is 11.3 Å². The summed E-state index contributed by atoms with van der Waals surface area (Å²) in [5, 5.41) is 4.80. The summed E-state index contributed by atoms with van der Waals surface area (Å²) in [6.45, 7) is 7.22. The molecule has 0 bridgehead atoms. The van der Waals surface area contributed by atoms with Crippen LogP contribution in [0, 0.1) is 6.92 Å². The molecule has 0 aliphatic heterocycles. The Morgan fingerprint density at radius 1 is 1.44 bits per heavy atom. The lowest BCUT2D eigenvalue weighted by molar-refractivity contribution is 0.158. The number of ether oxygens (including phenoxy) is 1. The van der Waals surface area contributed by atoms with Gasteiger partial charge >= 0.3 is 0 Å². The van der Waals surface area contributed by atoms with Gasteiger partial charge in [-0.3, -0.25) is 0 Å². The van der Waals surface area contributed by atoms with Crippen molar-refractivity contribution in [2.45, 2.75) is 45.7 Å². The summed E-state index contributed by atoms with van der Waals surface area (Å²) in [6, 6.07) is 0.776. The first kappa shape index (κ1) is 13.6. The van der Waals surface area contributed by atoms with Crippen LogP contribution in [-0.2, 0) is 4.74 Å².